The molecule has 5 aromatic rings. The summed E-state index contributed by atoms with van der Waals surface area (Å²) in [6, 6.07) is 18.1. The summed E-state index contributed by atoms with van der Waals surface area (Å²) >= 11 is 0. The molecule has 1 fully saturated rings. The summed E-state index contributed by atoms with van der Waals surface area (Å²) < 4.78 is 16.6. The molecule has 0 saturated heterocycles. The van der Waals surface area contributed by atoms with Crippen molar-refractivity contribution in [1.82, 2.24) is 19.2 Å². The highest BCUT2D eigenvalue weighted by Gasteiger charge is 2.25. The van der Waals surface area contributed by atoms with Crippen molar-refractivity contribution in [3.63, 3.8) is 0 Å². The van der Waals surface area contributed by atoms with Gasteiger partial charge in [-0.2, -0.15) is 5.10 Å². The van der Waals surface area contributed by atoms with E-state index in [1.165, 1.54) is 54.1 Å². The molecule has 202 valence electrons. The van der Waals surface area contributed by atoms with E-state index >= 15 is 0 Å². The summed E-state index contributed by atoms with van der Waals surface area (Å²) in [6.07, 6.45) is 7.65. The maximum Gasteiger partial charge on any atom is 0.267 e. The summed E-state index contributed by atoms with van der Waals surface area (Å²) in [5.41, 5.74) is 10.6. The third-order valence-corrected chi connectivity index (χ3v) is 7.79. The minimum atomic E-state index is -0.532. The molecule has 3 aromatic heterocycles. The van der Waals surface area contributed by atoms with Gasteiger partial charge in [0.1, 0.15) is 23.2 Å². The first-order valence-corrected chi connectivity index (χ1v) is 13.4. The Balaban J connectivity index is 1.27. The highest BCUT2D eigenvalue weighted by Crippen LogP contribution is 2.40. The average molecular weight is 537 g/mol. The number of aromatic nitrogens is 4. The van der Waals surface area contributed by atoms with Gasteiger partial charge in [-0.15, -0.1) is 0 Å². The van der Waals surface area contributed by atoms with E-state index in [-0.39, 0.29) is 5.56 Å². The van der Waals surface area contributed by atoms with Crippen molar-refractivity contribution >= 4 is 22.9 Å². The molecule has 0 atom stereocenters. The zero-order valence-corrected chi connectivity index (χ0v) is 22.0. The van der Waals surface area contributed by atoms with Crippen molar-refractivity contribution in [3.05, 3.63) is 107 Å². The first-order valence-electron chi connectivity index (χ1n) is 13.4. The van der Waals surface area contributed by atoms with Crippen LogP contribution in [0.3, 0.4) is 0 Å². The van der Waals surface area contributed by atoms with Crippen LogP contribution in [0.5, 0.6) is 0 Å². The fourth-order valence-electron chi connectivity index (χ4n) is 5.56. The number of rotatable bonds is 5. The number of halogens is 1. The van der Waals surface area contributed by atoms with Crippen LogP contribution < -0.4 is 16.6 Å². The Morgan fingerprint density at radius 1 is 1.02 bits per heavy atom. The van der Waals surface area contributed by atoms with Crippen molar-refractivity contribution in [2.75, 3.05) is 11.1 Å². The molecule has 9 heteroatoms. The van der Waals surface area contributed by atoms with Crippen LogP contribution in [0.4, 0.5) is 15.9 Å². The number of benzene rings is 2. The number of hydrogen-bond donors (Lipinski definition) is 2. The number of carbonyl (C=O) groups is 1. The second kappa shape index (κ2) is 10.4. The summed E-state index contributed by atoms with van der Waals surface area (Å²) in [4.78, 5) is 30.3. The van der Waals surface area contributed by atoms with E-state index in [0.717, 1.165) is 41.1 Å². The van der Waals surface area contributed by atoms with Crippen LogP contribution in [0.25, 0.3) is 22.3 Å². The van der Waals surface area contributed by atoms with Crippen molar-refractivity contribution in [2.45, 2.75) is 38.5 Å². The van der Waals surface area contributed by atoms with Gasteiger partial charge in [-0.1, -0.05) is 31.9 Å². The maximum atomic E-state index is 13.3. The summed E-state index contributed by atoms with van der Waals surface area (Å²) in [6.45, 7) is 2.30. The van der Waals surface area contributed by atoms with Gasteiger partial charge in [0.15, 0.2) is 5.82 Å². The van der Waals surface area contributed by atoms with Crippen molar-refractivity contribution in [3.8, 4) is 16.8 Å². The molecule has 0 bridgehead atoms. The predicted molar refractivity (Wildman–Crippen MR) is 153 cm³/mol. The molecule has 0 unspecified atom stereocenters. The zero-order valence-electron chi connectivity index (χ0n) is 22.0. The van der Waals surface area contributed by atoms with Crippen molar-refractivity contribution in [2.24, 2.45) is 5.92 Å². The first-order chi connectivity index (χ1) is 19.4. The molecule has 1 aliphatic carbocycles. The standard InChI is InChI=1S/C31H29FN6O2/c1-19-4-6-21(7-5-19)27-17-26(28-29(33)34-18-35-38(27)28)20-8-12-23(13-9-20)36-30(39)25-3-2-16-37(31(25)40)24-14-10-22(32)11-15-24/h2-3,8-19,21H,4-7H2,1H3,(H,36,39)(H2,33,34,35). The number of nitrogen functional groups attached to an aromatic ring is 1. The molecule has 6 rings (SSSR count). The van der Waals surface area contributed by atoms with Gasteiger partial charge in [0, 0.05) is 34.7 Å². The fourth-order valence-corrected chi connectivity index (χ4v) is 5.56. The number of hydrogen-bond acceptors (Lipinski definition) is 5. The highest BCUT2D eigenvalue weighted by molar-refractivity contribution is 6.04. The Bertz CT molecular complexity index is 1750. The van der Waals surface area contributed by atoms with E-state index in [1.54, 1.807) is 24.4 Å². The Morgan fingerprint density at radius 3 is 2.48 bits per heavy atom. The Morgan fingerprint density at radius 2 is 1.75 bits per heavy atom. The van der Waals surface area contributed by atoms with E-state index in [1.807, 2.05) is 16.6 Å². The van der Waals surface area contributed by atoms with Crippen LogP contribution in [-0.4, -0.2) is 25.1 Å². The van der Waals surface area contributed by atoms with Crippen LogP contribution in [0.15, 0.2) is 84.0 Å². The number of nitrogens with two attached hydrogens (primary N) is 1. The fraction of sp³-hybridized carbons (Fsp3) is 0.226. The van der Waals surface area contributed by atoms with E-state index in [4.69, 9.17) is 5.73 Å². The Hall–Kier alpha value is -4.79. The van der Waals surface area contributed by atoms with Crippen LogP contribution in [0, 0.1) is 11.7 Å². The number of carbonyl (C=O) groups excluding carboxylic acids is 1. The van der Waals surface area contributed by atoms with Crippen molar-refractivity contribution < 1.29 is 9.18 Å². The number of pyridine rings is 1. The van der Waals surface area contributed by atoms with E-state index in [2.05, 4.69) is 28.4 Å². The molecule has 0 spiro atoms. The molecule has 2 aromatic carbocycles. The van der Waals surface area contributed by atoms with Gasteiger partial charge in [0.2, 0.25) is 0 Å². The molecule has 0 radical (unpaired) electrons. The first kappa shape index (κ1) is 25.5. The number of fused-ring (bicyclic) bond motifs is 1. The zero-order chi connectivity index (χ0) is 27.8. The molecule has 3 heterocycles. The largest absolute Gasteiger partial charge is 0.382 e. The third-order valence-electron chi connectivity index (χ3n) is 7.79. The average Bonchev–Trinajstić information content (AvgIpc) is 3.35. The van der Waals surface area contributed by atoms with Gasteiger partial charge in [-0.05, 0) is 78.9 Å². The second-order valence-electron chi connectivity index (χ2n) is 10.5. The normalized spacial score (nSPS) is 17.1. The van der Waals surface area contributed by atoms with Gasteiger partial charge >= 0.3 is 0 Å². The van der Waals surface area contributed by atoms with E-state index in [0.29, 0.717) is 23.1 Å². The molecule has 1 saturated carbocycles. The van der Waals surface area contributed by atoms with Gasteiger partial charge in [0.05, 0.1) is 0 Å². The monoisotopic (exact) mass is 536 g/mol. The summed E-state index contributed by atoms with van der Waals surface area (Å²) in [5.74, 6) is 0.632. The topological polar surface area (TPSA) is 107 Å². The lowest BCUT2D eigenvalue weighted by atomic mass is 9.81. The van der Waals surface area contributed by atoms with E-state index in [9.17, 15) is 14.0 Å². The molecule has 3 N–H and O–H groups in total. The lowest BCUT2D eigenvalue weighted by molar-refractivity contribution is 0.102. The minimum absolute atomic E-state index is 0.0225. The van der Waals surface area contributed by atoms with Crippen LogP contribution in [0.2, 0.25) is 0 Å². The molecule has 40 heavy (non-hydrogen) atoms. The van der Waals surface area contributed by atoms with Gasteiger partial charge in [0.25, 0.3) is 11.5 Å². The van der Waals surface area contributed by atoms with E-state index < -0.39 is 17.3 Å². The number of nitrogens with zero attached hydrogens (tertiary/aromatic N) is 4. The highest BCUT2D eigenvalue weighted by atomic mass is 19.1. The smallest absolute Gasteiger partial charge is 0.267 e. The molecular weight excluding hydrogens is 507 g/mol. The summed E-state index contributed by atoms with van der Waals surface area (Å²) in [7, 11) is 0. The minimum Gasteiger partial charge on any atom is -0.382 e. The molecule has 1 amide bonds. The predicted octanol–water partition coefficient (Wildman–Crippen LogP) is 5.81. The van der Waals surface area contributed by atoms with Crippen molar-refractivity contribution in [1.29, 1.82) is 0 Å². The van der Waals surface area contributed by atoms with Gasteiger partial charge in [-0.3, -0.25) is 14.2 Å². The number of nitrogens with one attached hydrogen (secondary N) is 1. The lowest BCUT2D eigenvalue weighted by Crippen LogP contribution is -2.27. The Labute approximate surface area is 230 Å². The molecule has 1 aliphatic rings. The second-order valence-corrected chi connectivity index (χ2v) is 10.5. The quantitative estimate of drug-likeness (QED) is 0.295. The molecular formula is C31H29FN6O2. The molecule has 8 nitrogen and oxygen atoms in total. The van der Waals surface area contributed by atoms with Crippen LogP contribution >= 0.6 is 0 Å². The number of anilines is 2. The molecule has 0 aliphatic heterocycles. The SMILES string of the molecule is CC1CCC(c2cc(-c3ccc(NC(=O)c4cccn(-c5ccc(F)cc5)c4=O)cc3)c3c(N)ncnn23)CC1. The third kappa shape index (κ3) is 4.75. The number of amides is 1. The van der Waals surface area contributed by atoms with Crippen LogP contribution in [0.1, 0.15) is 54.6 Å². The van der Waals surface area contributed by atoms with Gasteiger partial charge < -0.3 is 11.1 Å². The van der Waals surface area contributed by atoms with Crippen LogP contribution in [-0.2, 0) is 0 Å². The summed E-state index contributed by atoms with van der Waals surface area (Å²) in [5, 5.41) is 7.34. The van der Waals surface area contributed by atoms with Gasteiger partial charge in [-0.25, -0.2) is 13.9 Å². The lowest BCUT2D eigenvalue weighted by Gasteiger charge is -2.25. The Kier molecular flexibility index (Phi) is 6.63. The maximum absolute atomic E-state index is 13.3.